The van der Waals surface area contributed by atoms with Gasteiger partial charge in [-0.3, -0.25) is 14.5 Å². The summed E-state index contributed by atoms with van der Waals surface area (Å²) < 4.78 is 17.9. The number of rotatable bonds is 11. The molecule has 0 aromatic heterocycles. The molecule has 0 radical (unpaired) electrons. The molecule has 1 heterocycles. The molecule has 1 saturated carbocycles. The molecule has 210 valence electrons. The van der Waals surface area contributed by atoms with Crippen LogP contribution in [0.25, 0.3) is 0 Å². The average molecular weight is 537 g/mol. The Balaban J connectivity index is 1.50. The van der Waals surface area contributed by atoms with Crippen LogP contribution in [0.4, 0.5) is 5.69 Å². The number of benzene rings is 2. The van der Waals surface area contributed by atoms with Crippen LogP contribution < -0.4 is 5.32 Å². The fourth-order valence-corrected chi connectivity index (χ4v) is 5.37. The molecule has 1 saturated heterocycles. The van der Waals surface area contributed by atoms with Gasteiger partial charge in [-0.25, -0.2) is 0 Å². The lowest BCUT2D eigenvalue weighted by atomic mass is 9.99. The van der Waals surface area contributed by atoms with Gasteiger partial charge in [0.2, 0.25) is 0 Å². The number of amides is 1. The first-order valence-electron chi connectivity index (χ1n) is 13.8. The van der Waals surface area contributed by atoms with Crippen molar-refractivity contribution in [3.05, 3.63) is 77.9 Å². The Hall–Kier alpha value is -3.04. The third-order valence-electron chi connectivity index (χ3n) is 7.42. The van der Waals surface area contributed by atoms with Gasteiger partial charge >= 0.3 is 5.97 Å². The summed E-state index contributed by atoms with van der Waals surface area (Å²) in [5.74, 6) is -0.905. The number of nitrogens with one attached hydrogen (secondary N) is 1. The van der Waals surface area contributed by atoms with Crippen molar-refractivity contribution in [3.8, 4) is 0 Å². The summed E-state index contributed by atoms with van der Waals surface area (Å²) in [5, 5.41) is 12.2. The highest BCUT2D eigenvalue weighted by Gasteiger charge is 2.34. The monoisotopic (exact) mass is 536 g/mol. The molecule has 8 nitrogen and oxygen atoms in total. The number of hydrogen-bond donors (Lipinski definition) is 2. The highest BCUT2D eigenvalue weighted by Crippen LogP contribution is 2.39. The molecule has 0 unspecified atom stereocenters. The molecule has 4 rings (SSSR count). The van der Waals surface area contributed by atoms with Crippen molar-refractivity contribution in [2.24, 2.45) is 0 Å². The molecule has 2 fully saturated rings. The van der Waals surface area contributed by atoms with Crippen LogP contribution >= 0.6 is 0 Å². The molecule has 4 atom stereocenters. The van der Waals surface area contributed by atoms with E-state index in [0.29, 0.717) is 11.7 Å². The second-order valence-corrected chi connectivity index (χ2v) is 10.4. The molecule has 0 spiro atoms. The Labute approximate surface area is 230 Å². The van der Waals surface area contributed by atoms with Crippen LogP contribution in [0.1, 0.15) is 75.0 Å². The van der Waals surface area contributed by atoms with Crippen molar-refractivity contribution in [1.29, 1.82) is 0 Å². The minimum atomic E-state index is -0.885. The van der Waals surface area contributed by atoms with Gasteiger partial charge < -0.3 is 24.6 Å². The second kappa shape index (κ2) is 13.8. The van der Waals surface area contributed by atoms with Crippen LogP contribution in [-0.2, 0) is 30.4 Å². The first-order chi connectivity index (χ1) is 18.9. The molecule has 2 aliphatic rings. The van der Waals surface area contributed by atoms with Gasteiger partial charge in [0.15, 0.2) is 12.4 Å². The highest BCUT2D eigenvalue weighted by atomic mass is 16.7. The smallest absolute Gasteiger partial charge is 0.303 e. The number of anilines is 1. The Bertz CT molecular complexity index is 1100. The van der Waals surface area contributed by atoms with Crippen molar-refractivity contribution < 1.29 is 28.9 Å². The van der Waals surface area contributed by atoms with Crippen molar-refractivity contribution in [2.45, 2.75) is 83.2 Å². The molecule has 2 N–H and O–H groups in total. The van der Waals surface area contributed by atoms with E-state index in [1.807, 2.05) is 42.5 Å². The number of carbonyl (C=O) groups is 2. The van der Waals surface area contributed by atoms with Crippen LogP contribution in [0.2, 0.25) is 0 Å². The normalized spacial score (nSPS) is 22.4. The molecule has 1 amide bonds. The summed E-state index contributed by atoms with van der Waals surface area (Å²) >= 11 is 0. The first-order valence-corrected chi connectivity index (χ1v) is 13.8. The standard InChI is InChI=1S/C31H40N2O6/c1-4-17-33(27-7-5-6-8-27)19-28-18-29(24-11-9-23(20-34)10-12-24)39-31(38-28)25-13-15-26(16-14-25)32-30(36)21(2)37-22(3)35/h4,9-16,21,27-29,31,34H,1,5-8,17-20H2,2-3H3,(H,32,36)/t21-,28-,29+,31+/m0/s1. The largest absolute Gasteiger partial charge is 0.453 e. The number of carbonyl (C=O) groups excluding carboxylic acids is 2. The van der Waals surface area contributed by atoms with E-state index in [0.717, 1.165) is 36.2 Å². The molecule has 2 aromatic rings. The fraction of sp³-hybridized carbons (Fsp3) is 0.484. The zero-order chi connectivity index (χ0) is 27.8. The number of aliphatic hydroxyl groups excluding tert-OH is 1. The molecule has 39 heavy (non-hydrogen) atoms. The second-order valence-electron chi connectivity index (χ2n) is 10.4. The maximum atomic E-state index is 12.3. The Morgan fingerprint density at radius 2 is 1.77 bits per heavy atom. The summed E-state index contributed by atoms with van der Waals surface area (Å²) in [6.45, 7) is 8.40. The van der Waals surface area contributed by atoms with E-state index in [-0.39, 0.29) is 18.8 Å². The Morgan fingerprint density at radius 3 is 2.38 bits per heavy atom. The average Bonchev–Trinajstić information content (AvgIpc) is 3.48. The predicted molar refractivity (Wildman–Crippen MR) is 149 cm³/mol. The van der Waals surface area contributed by atoms with Gasteiger partial charge in [-0.2, -0.15) is 0 Å². The van der Waals surface area contributed by atoms with Crippen LogP contribution in [-0.4, -0.2) is 53.2 Å². The summed E-state index contributed by atoms with van der Waals surface area (Å²) in [6.07, 6.45) is 5.94. The maximum absolute atomic E-state index is 12.3. The quantitative estimate of drug-likeness (QED) is 0.307. The molecule has 2 aromatic carbocycles. The van der Waals surface area contributed by atoms with Crippen LogP contribution in [0.15, 0.2) is 61.2 Å². The predicted octanol–water partition coefficient (Wildman–Crippen LogP) is 5.05. The van der Waals surface area contributed by atoms with Gasteiger partial charge in [0.1, 0.15) is 0 Å². The molecular weight excluding hydrogens is 496 g/mol. The number of aliphatic hydroxyl groups is 1. The van der Waals surface area contributed by atoms with Crippen molar-refractivity contribution in [3.63, 3.8) is 0 Å². The Morgan fingerprint density at radius 1 is 1.10 bits per heavy atom. The summed E-state index contributed by atoms with van der Waals surface area (Å²) in [7, 11) is 0. The fourth-order valence-electron chi connectivity index (χ4n) is 5.37. The van der Waals surface area contributed by atoms with Gasteiger partial charge in [-0.1, -0.05) is 55.3 Å². The van der Waals surface area contributed by atoms with Crippen LogP contribution in [0.5, 0.6) is 0 Å². The number of esters is 1. The molecule has 0 bridgehead atoms. The third-order valence-corrected chi connectivity index (χ3v) is 7.42. The number of hydrogen-bond acceptors (Lipinski definition) is 7. The summed E-state index contributed by atoms with van der Waals surface area (Å²) in [6, 6.07) is 15.8. The molecule has 8 heteroatoms. The van der Waals surface area contributed by atoms with E-state index < -0.39 is 24.3 Å². The number of nitrogens with zero attached hydrogens (tertiary/aromatic N) is 1. The van der Waals surface area contributed by atoms with Crippen molar-refractivity contribution in [2.75, 3.05) is 18.4 Å². The third kappa shape index (κ3) is 7.99. The molecular formula is C31H40N2O6. The van der Waals surface area contributed by atoms with E-state index in [9.17, 15) is 14.7 Å². The first kappa shape index (κ1) is 29.0. The van der Waals surface area contributed by atoms with E-state index >= 15 is 0 Å². The zero-order valence-corrected chi connectivity index (χ0v) is 22.9. The lowest BCUT2D eigenvalue weighted by molar-refractivity contribution is -0.253. The minimum absolute atomic E-state index is 0.000604. The van der Waals surface area contributed by atoms with Gasteiger partial charge in [-0.15, -0.1) is 6.58 Å². The van der Waals surface area contributed by atoms with Crippen LogP contribution in [0.3, 0.4) is 0 Å². The summed E-state index contributed by atoms with van der Waals surface area (Å²) in [5.41, 5.74) is 3.34. The zero-order valence-electron chi connectivity index (χ0n) is 22.9. The van der Waals surface area contributed by atoms with Gasteiger partial charge in [0.05, 0.1) is 18.8 Å². The lowest BCUT2D eigenvalue weighted by Gasteiger charge is -2.39. The van der Waals surface area contributed by atoms with E-state index in [2.05, 4.69) is 16.8 Å². The van der Waals surface area contributed by atoms with Crippen molar-refractivity contribution >= 4 is 17.6 Å². The SMILES string of the molecule is C=CCN(C[C@@H]1C[C@H](c2ccc(CO)cc2)O[C@H](c2ccc(NC(=O)[C@H](C)OC(C)=O)cc2)O1)C1CCCC1. The highest BCUT2D eigenvalue weighted by molar-refractivity contribution is 5.94. The van der Waals surface area contributed by atoms with E-state index in [4.69, 9.17) is 14.2 Å². The number of ether oxygens (including phenoxy) is 3. The maximum Gasteiger partial charge on any atom is 0.303 e. The minimum Gasteiger partial charge on any atom is -0.453 e. The van der Waals surface area contributed by atoms with E-state index in [1.54, 1.807) is 12.1 Å². The van der Waals surface area contributed by atoms with Crippen molar-refractivity contribution in [1.82, 2.24) is 4.90 Å². The van der Waals surface area contributed by atoms with Gasteiger partial charge in [0.25, 0.3) is 5.91 Å². The Kier molecular flexibility index (Phi) is 10.3. The topological polar surface area (TPSA) is 97.3 Å². The van der Waals surface area contributed by atoms with Gasteiger partial charge in [0, 0.05) is 43.7 Å². The molecule has 1 aliphatic carbocycles. The molecule has 1 aliphatic heterocycles. The van der Waals surface area contributed by atoms with E-state index in [1.165, 1.54) is 39.5 Å². The van der Waals surface area contributed by atoms with Crippen LogP contribution in [0, 0.1) is 0 Å². The summed E-state index contributed by atoms with van der Waals surface area (Å²) in [4.78, 5) is 26.0. The van der Waals surface area contributed by atoms with Gasteiger partial charge in [-0.05, 0) is 43.0 Å². The lowest BCUT2D eigenvalue weighted by Crippen LogP contribution is -2.43.